The van der Waals surface area contributed by atoms with Gasteiger partial charge in [-0.25, -0.2) is 0 Å². The summed E-state index contributed by atoms with van der Waals surface area (Å²) in [5.74, 6) is 0.415. The Morgan fingerprint density at radius 1 is 1.04 bits per heavy atom. The Hall–Kier alpha value is -1.35. The predicted molar refractivity (Wildman–Crippen MR) is 102 cm³/mol. The summed E-state index contributed by atoms with van der Waals surface area (Å²) >= 11 is 0. The van der Waals surface area contributed by atoms with Gasteiger partial charge in [-0.15, -0.1) is 0 Å². The predicted octanol–water partition coefficient (Wildman–Crippen LogP) is 3.80. The van der Waals surface area contributed by atoms with Crippen molar-refractivity contribution in [3.63, 3.8) is 0 Å². The van der Waals surface area contributed by atoms with Crippen LogP contribution in [-0.2, 0) is 10.2 Å². The molecule has 2 saturated heterocycles. The molecule has 0 aromatic heterocycles. The van der Waals surface area contributed by atoms with Gasteiger partial charge < -0.3 is 10.2 Å². The highest BCUT2D eigenvalue weighted by Gasteiger charge is 2.46. The van der Waals surface area contributed by atoms with Gasteiger partial charge in [0.25, 0.3) is 0 Å². The summed E-state index contributed by atoms with van der Waals surface area (Å²) in [7, 11) is 0. The molecular weight excluding hydrogens is 308 g/mol. The Kier molecular flexibility index (Phi) is 4.61. The second-order valence-electron chi connectivity index (χ2n) is 8.73. The summed E-state index contributed by atoms with van der Waals surface area (Å²) in [6.07, 6.45) is 9.33. The lowest BCUT2D eigenvalue weighted by Crippen LogP contribution is -2.52. The van der Waals surface area contributed by atoms with Crippen molar-refractivity contribution >= 4 is 5.91 Å². The molecule has 2 aliphatic heterocycles. The molecule has 25 heavy (non-hydrogen) atoms. The van der Waals surface area contributed by atoms with Crippen molar-refractivity contribution in [1.82, 2.24) is 10.2 Å². The molecule has 136 valence electrons. The van der Waals surface area contributed by atoms with E-state index < -0.39 is 0 Å². The Balaban J connectivity index is 1.56. The maximum Gasteiger partial charge on any atom is 0.233 e. The van der Waals surface area contributed by atoms with Crippen molar-refractivity contribution in [2.45, 2.75) is 63.7 Å². The highest BCUT2D eigenvalue weighted by molar-refractivity contribution is 5.88. The maximum absolute atomic E-state index is 13.7. The van der Waals surface area contributed by atoms with Crippen LogP contribution in [0.15, 0.2) is 24.3 Å². The average molecular weight is 341 g/mol. The molecule has 1 spiro atoms. The molecule has 0 unspecified atom stereocenters. The standard InChI is InChI=1S/C22H32N2O/c1-18-6-5-7-19(16-18)22(8-3-2-4-9-22)20(25)24-14-11-21(12-15-24)10-13-23-17-21/h5-7,16,23H,2-4,8-15,17H2,1H3. The van der Waals surface area contributed by atoms with Gasteiger partial charge in [0.15, 0.2) is 0 Å². The third-order valence-corrected chi connectivity index (χ3v) is 7.13. The smallest absolute Gasteiger partial charge is 0.233 e. The van der Waals surface area contributed by atoms with Crippen molar-refractivity contribution < 1.29 is 4.79 Å². The Morgan fingerprint density at radius 2 is 1.80 bits per heavy atom. The minimum atomic E-state index is -0.261. The Labute approximate surface area is 152 Å². The maximum atomic E-state index is 13.7. The van der Waals surface area contributed by atoms with E-state index in [1.54, 1.807) is 0 Å². The summed E-state index contributed by atoms with van der Waals surface area (Å²) < 4.78 is 0. The fourth-order valence-corrected chi connectivity index (χ4v) is 5.43. The number of amides is 1. The molecule has 1 aromatic rings. The van der Waals surface area contributed by atoms with Gasteiger partial charge in [-0.2, -0.15) is 0 Å². The normalized spacial score (nSPS) is 25.2. The summed E-state index contributed by atoms with van der Waals surface area (Å²) in [6, 6.07) is 8.73. The second-order valence-corrected chi connectivity index (χ2v) is 8.73. The van der Waals surface area contributed by atoms with Gasteiger partial charge in [0, 0.05) is 19.6 Å². The number of carbonyl (C=O) groups is 1. The van der Waals surface area contributed by atoms with E-state index in [1.807, 2.05) is 0 Å². The number of nitrogens with one attached hydrogen (secondary N) is 1. The molecule has 4 rings (SSSR count). The Bertz CT molecular complexity index is 617. The minimum absolute atomic E-state index is 0.261. The number of nitrogens with zero attached hydrogens (tertiary/aromatic N) is 1. The lowest BCUT2D eigenvalue weighted by atomic mass is 9.67. The molecule has 2 heterocycles. The van der Waals surface area contributed by atoms with Crippen LogP contribution in [0.25, 0.3) is 0 Å². The molecule has 1 aliphatic carbocycles. The van der Waals surface area contributed by atoms with E-state index in [1.165, 1.54) is 49.7 Å². The lowest BCUT2D eigenvalue weighted by molar-refractivity contribution is -0.141. The van der Waals surface area contributed by atoms with Gasteiger partial charge in [-0.05, 0) is 56.6 Å². The summed E-state index contributed by atoms with van der Waals surface area (Å²) in [4.78, 5) is 15.9. The molecule has 0 radical (unpaired) electrons. The number of carbonyl (C=O) groups excluding carboxylic acids is 1. The van der Waals surface area contributed by atoms with Crippen molar-refractivity contribution in [3.8, 4) is 0 Å². The third-order valence-electron chi connectivity index (χ3n) is 7.13. The van der Waals surface area contributed by atoms with E-state index in [-0.39, 0.29) is 5.41 Å². The van der Waals surface area contributed by atoms with Crippen LogP contribution in [0.1, 0.15) is 62.5 Å². The molecule has 3 fully saturated rings. The zero-order chi connectivity index (χ0) is 17.3. The number of rotatable bonds is 2. The van der Waals surface area contributed by atoms with Crippen molar-refractivity contribution in [3.05, 3.63) is 35.4 Å². The van der Waals surface area contributed by atoms with Crippen LogP contribution in [-0.4, -0.2) is 37.0 Å². The topological polar surface area (TPSA) is 32.3 Å². The fraction of sp³-hybridized carbons (Fsp3) is 0.682. The fourth-order valence-electron chi connectivity index (χ4n) is 5.43. The zero-order valence-electron chi connectivity index (χ0n) is 15.7. The highest BCUT2D eigenvalue weighted by Crippen LogP contribution is 2.43. The molecule has 0 atom stereocenters. The van der Waals surface area contributed by atoms with Gasteiger partial charge in [-0.1, -0.05) is 49.1 Å². The summed E-state index contributed by atoms with van der Waals surface area (Å²) in [6.45, 7) is 6.35. The monoisotopic (exact) mass is 340 g/mol. The van der Waals surface area contributed by atoms with Crippen LogP contribution in [0.5, 0.6) is 0 Å². The van der Waals surface area contributed by atoms with Crippen LogP contribution in [0.2, 0.25) is 0 Å². The first-order valence-corrected chi connectivity index (χ1v) is 10.2. The van der Waals surface area contributed by atoms with Gasteiger partial charge in [0.2, 0.25) is 5.91 Å². The van der Waals surface area contributed by atoms with E-state index in [9.17, 15) is 4.79 Å². The van der Waals surface area contributed by atoms with E-state index in [0.717, 1.165) is 39.0 Å². The SMILES string of the molecule is Cc1cccc(C2(C(=O)N3CCC4(CCNC4)CC3)CCCCC2)c1. The summed E-state index contributed by atoms with van der Waals surface area (Å²) in [5.41, 5.74) is 2.74. The molecule has 3 aliphatic rings. The molecule has 1 saturated carbocycles. The largest absolute Gasteiger partial charge is 0.342 e. The molecule has 3 nitrogen and oxygen atoms in total. The van der Waals surface area contributed by atoms with E-state index in [0.29, 0.717) is 11.3 Å². The number of likely N-dealkylation sites (tertiary alicyclic amines) is 1. The van der Waals surface area contributed by atoms with Crippen molar-refractivity contribution in [1.29, 1.82) is 0 Å². The van der Waals surface area contributed by atoms with Crippen LogP contribution in [0.3, 0.4) is 0 Å². The zero-order valence-corrected chi connectivity index (χ0v) is 15.7. The molecule has 1 N–H and O–H groups in total. The van der Waals surface area contributed by atoms with Crippen LogP contribution < -0.4 is 5.32 Å². The first-order chi connectivity index (χ1) is 12.1. The second kappa shape index (κ2) is 6.75. The average Bonchev–Trinajstić information content (AvgIpc) is 3.10. The van der Waals surface area contributed by atoms with Crippen LogP contribution in [0.4, 0.5) is 0 Å². The quantitative estimate of drug-likeness (QED) is 0.888. The molecule has 1 amide bonds. The van der Waals surface area contributed by atoms with Crippen molar-refractivity contribution in [2.75, 3.05) is 26.2 Å². The van der Waals surface area contributed by atoms with E-state index in [4.69, 9.17) is 0 Å². The van der Waals surface area contributed by atoms with Gasteiger partial charge in [0.1, 0.15) is 0 Å². The van der Waals surface area contributed by atoms with Crippen molar-refractivity contribution in [2.24, 2.45) is 5.41 Å². The lowest BCUT2D eigenvalue weighted by Gasteiger charge is -2.45. The molecule has 3 heteroatoms. The van der Waals surface area contributed by atoms with E-state index in [2.05, 4.69) is 41.4 Å². The molecule has 1 aromatic carbocycles. The number of aryl methyl sites for hydroxylation is 1. The minimum Gasteiger partial charge on any atom is -0.342 e. The summed E-state index contributed by atoms with van der Waals surface area (Å²) in [5, 5.41) is 3.53. The highest BCUT2D eigenvalue weighted by atomic mass is 16.2. The number of hydrogen-bond acceptors (Lipinski definition) is 2. The number of benzene rings is 1. The van der Waals surface area contributed by atoms with Gasteiger partial charge >= 0.3 is 0 Å². The Morgan fingerprint density at radius 3 is 2.44 bits per heavy atom. The number of piperidine rings is 1. The molecule has 0 bridgehead atoms. The van der Waals surface area contributed by atoms with Crippen LogP contribution in [0, 0.1) is 12.3 Å². The first kappa shape index (κ1) is 17.1. The van der Waals surface area contributed by atoms with Gasteiger partial charge in [0.05, 0.1) is 5.41 Å². The van der Waals surface area contributed by atoms with Crippen LogP contribution >= 0.6 is 0 Å². The van der Waals surface area contributed by atoms with E-state index >= 15 is 0 Å². The molecular formula is C22H32N2O. The number of hydrogen-bond donors (Lipinski definition) is 1. The first-order valence-electron chi connectivity index (χ1n) is 10.2. The van der Waals surface area contributed by atoms with Gasteiger partial charge in [-0.3, -0.25) is 4.79 Å². The third kappa shape index (κ3) is 3.12.